The Morgan fingerprint density at radius 3 is 1.70 bits per heavy atom. The summed E-state index contributed by atoms with van der Waals surface area (Å²) in [5.41, 5.74) is 7.55. The van der Waals surface area contributed by atoms with Gasteiger partial charge in [-0.25, -0.2) is 4.98 Å². The number of benzene rings is 2. The van der Waals surface area contributed by atoms with E-state index in [-0.39, 0.29) is 5.82 Å². The van der Waals surface area contributed by atoms with Crippen LogP contribution in [-0.2, 0) is 14.1 Å². The summed E-state index contributed by atoms with van der Waals surface area (Å²) in [5.74, 6) is 2.61. The molecule has 0 spiro atoms. The lowest BCUT2D eigenvalue weighted by atomic mass is 10.2. The second-order valence-corrected chi connectivity index (χ2v) is 10.2. The maximum atomic E-state index is 10.6. The minimum Gasteiger partial charge on any atom is -0.455 e. The highest BCUT2D eigenvalue weighted by atomic mass is 79.9. The lowest BCUT2D eigenvalue weighted by Crippen LogP contribution is -1.93. The number of anilines is 1. The van der Waals surface area contributed by atoms with Crippen molar-refractivity contribution in [1.29, 1.82) is 0 Å². The molecule has 4 heterocycles. The molecule has 0 radical (unpaired) electrons. The van der Waals surface area contributed by atoms with Crippen molar-refractivity contribution in [3.8, 4) is 23.0 Å². The summed E-state index contributed by atoms with van der Waals surface area (Å²) < 4.78 is 16.7. The van der Waals surface area contributed by atoms with Gasteiger partial charge in [0.2, 0.25) is 0 Å². The SMILES string of the molecule is Cn1ncc2cc(Oc3ccc(N)nc3)c(Br)cc21.Cn1ncc2cc(Oc3ccc([N+](=O)[O-])nc3)c(Br)cc21. The van der Waals surface area contributed by atoms with Crippen LogP contribution in [0.2, 0.25) is 0 Å². The molecule has 2 N–H and O–H groups in total. The predicted octanol–water partition coefficient (Wildman–Crippen LogP) is 6.54. The van der Waals surface area contributed by atoms with Crippen LogP contribution in [0, 0.1) is 10.1 Å². The number of fused-ring (bicyclic) bond motifs is 2. The highest BCUT2D eigenvalue weighted by Crippen LogP contribution is 2.34. The van der Waals surface area contributed by atoms with Crippen LogP contribution >= 0.6 is 31.9 Å². The fourth-order valence-electron chi connectivity index (χ4n) is 3.71. The number of nitrogen functional groups attached to an aromatic ring is 1. The van der Waals surface area contributed by atoms with E-state index in [9.17, 15) is 10.1 Å². The molecule has 40 heavy (non-hydrogen) atoms. The summed E-state index contributed by atoms with van der Waals surface area (Å²) in [6.07, 6.45) is 6.45. The summed E-state index contributed by atoms with van der Waals surface area (Å²) in [6, 6.07) is 13.9. The molecule has 0 saturated carbocycles. The third-order valence-electron chi connectivity index (χ3n) is 5.72. The standard InChI is InChI=1S/C13H9BrN4O3.C13H11BrN4O/c1-17-11-5-10(14)12(4-8(11)6-16-17)21-9-2-3-13(15-7-9)18(19)20;1-18-11-5-10(14)12(4-8(11)6-17-18)19-9-2-3-13(15)16-7-9/h2-7H,1H3;2-7H,1H3,(H2,15,16). The van der Waals surface area contributed by atoms with E-state index in [0.29, 0.717) is 28.8 Å². The zero-order valence-electron chi connectivity index (χ0n) is 21.0. The molecule has 0 amide bonds. The van der Waals surface area contributed by atoms with E-state index in [1.54, 1.807) is 35.4 Å². The zero-order valence-corrected chi connectivity index (χ0v) is 24.2. The minimum absolute atomic E-state index is 0.218. The largest absolute Gasteiger partial charge is 0.455 e. The molecule has 0 atom stereocenters. The van der Waals surface area contributed by atoms with E-state index in [1.807, 2.05) is 43.0 Å². The maximum absolute atomic E-state index is 10.6. The van der Waals surface area contributed by atoms with Gasteiger partial charge in [0.1, 0.15) is 23.1 Å². The maximum Gasteiger partial charge on any atom is 0.363 e. The quantitative estimate of drug-likeness (QED) is 0.160. The summed E-state index contributed by atoms with van der Waals surface area (Å²) in [6.45, 7) is 0. The average Bonchev–Trinajstić information content (AvgIpc) is 3.47. The third kappa shape index (κ3) is 5.87. The molecule has 202 valence electrons. The van der Waals surface area contributed by atoms with Crippen molar-refractivity contribution in [1.82, 2.24) is 29.5 Å². The molecule has 14 heteroatoms. The van der Waals surface area contributed by atoms with Gasteiger partial charge in [-0.15, -0.1) is 0 Å². The Kier molecular flexibility index (Phi) is 7.62. The minimum atomic E-state index is -0.554. The molecular formula is C26H20Br2N8O4. The molecule has 0 saturated heterocycles. The fourth-order valence-corrected chi connectivity index (χ4v) is 4.53. The zero-order chi connectivity index (χ0) is 28.4. The lowest BCUT2D eigenvalue weighted by Gasteiger charge is -2.08. The molecular weight excluding hydrogens is 648 g/mol. The normalized spacial score (nSPS) is 10.8. The van der Waals surface area contributed by atoms with Gasteiger partial charge in [0, 0.05) is 30.9 Å². The summed E-state index contributed by atoms with van der Waals surface area (Å²) in [5, 5.41) is 20.9. The van der Waals surface area contributed by atoms with Gasteiger partial charge < -0.3 is 25.3 Å². The van der Waals surface area contributed by atoms with E-state index in [2.05, 4.69) is 52.0 Å². The van der Waals surface area contributed by atoms with Crippen LogP contribution in [0.1, 0.15) is 0 Å². The van der Waals surface area contributed by atoms with E-state index < -0.39 is 4.92 Å². The van der Waals surface area contributed by atoms with Crippen molar-refractivity contribution < 1.29 is 14.4 Å². The Bertz CT molecular complexity index is 1840. The van der Waals surface area contributed by atoms with Gasteiger partial charge >= 0.3 is 5.82 Å². The van der Waals surface area contributed by atoms with Crippen LogP contribution in [0.25, 0.3) is 21.8 Å². The van der Waals surface area contributed by atoms with Crippen LogP contribution in [-0.4, -0.2) is 34.5 Å². The first-order chi connectivity index (χ1) is 19.2. The van der Waals surface area contributed by atoms with Crippen molar-refractivity contribution in [3.05, 3.63) is 92.4 Å². The molecule has 0 bridgehead atoms. The topological polar surface area (TPSA) is 149 Å². The van der Waals surface area contributed by atoms with Crippen LogP contribution in [0.15, 0.2) is 82.3 Å². The fraction of sp³-hybridized carbons (Fsp3) is 0.0769. The second-order valence-electron chi connectivity index (χ2n) is 8.45. The Morgan fingerprint density at radius 2 is 1.27 bits per heavy atom. The Labute approximate surface area is 243 Å². The first kappa shape index (κ1) is 27.0. The van der Waals surface area contributed by atoms with Crippen LogP contribution < -0.4 is 15.2 Å². The lowest BCUT2D eigenvalue weighted by molar-refractivity contribution is -0.389. The number of aromatic nitrogens is 6. The molecule has 6 aromatic rings. The van der Waals surface area contributed by atoms with Gasteiger partial charge in [-0.3, -0.25) is 9.36 Å². The number of hydrogen-bond donors (Lipinski definition) is 1. The molecule has 0 aliphatic rings. The molecule has 2 aromatic carbocycles. The number of pyridine rings is 2. The number of aryl methyl sites for hydroxylation is 2. The van der Waals surface area contributed by atoms with Gasteiger partial charge in [-0.2, -0.15) is 10.2 Å². The predicted molar refractivity (Wildman–Crippen MR) is 157 cm³/mol. The van der Waals surface area contributed by atoms with Crippen molar-refractivity contribution in [2.45, 2.75) is 0 Å². The van der Waals surface area contributed by atoms with E-state index in [0.717, 1.165) is 30.8 Å². The molecule has 12 nitrogen and oxygen atoms in total. The first-order valence-electron chi connectivity index (χ1n) is 11.6. The van der Waals surface area contributed by atoms with Gasteiger partial charge in [0.15, 0.2) is 11.9 Å². The van der Waals surface area contributed by atoms with Gasteiger partial charge in [-0.05, 0) is 84.2 Å². The molecule has 0 unspecified atom stereocenters. The highest BCUT2D eigenvalue weighted by molar-refractivity contribution is 9.11. The summed E-state index contributed by atoms with van der Waals surface area (Å²) >= 11 is 6.93. The number of nitrogens with zero attached hydrogens (tertiary/aromatic N) is 7. The average molecular weight is 668 g/mol. The van der Waals surface area contributed by atoms with E-state index in [1.165, 1.54) is 18.3 Å². The van der Waals surface area contributed by atoms with Crippen LogP contribution in [0.4, 0.5) is 11.6 Å². The molecule has 6 rings (SSSR count). The van der Waals surface area contributed by atoms with Crippen molar-refractivity contribution >= 4 is 65.3 Å². The number of ether oxygens (including phenoxy) is 2. The summed E-state index contributed by atoms with van der Waals surface area (Å²) in [4.78, 5) is 17.7. The molecule has 4 aromatic heterocycles. The van der Waals surface area contributed by atoms with Gasteiger partial charge in [0.25, 0.3) is 0 Å². The molecule has 0 fully saturated rings. The molecule has 0 aliphatic heterocycles. The number of nitrogens with two attached hydrogens (primary N) is 1. The highest BCUT2D eigenvalue weighted by Gasteiger charge is 2.12. The van der Waals surface area contributed by atoms with Crippen LogP contribution in [0.3, 0.4) is 0 Å². The number of rotatable bonds is 5. The number of hydrogen-bond acceptors (Lipinski definition) is 9. The Morgan fingerprint density at radius 1 is 0.775 bits per heavy atom. The van der Waals surface area contributed by atoms with Crippen LogP contribution in [0.5, 0.6) is 23.0 Å². The molecule has 0 aliphatic carbocycles. The number of halogens is 2. The van der Waals surface area contributed by atoms with Crippen molar-refractivity contribution in [2.24, 2.45) is 14.1 Å². The van der Waals surface area contributed by atoms with Gasteiger partial charge in [-0.1, -0.05) is 0 Å². The Hall–Kier alpha value is -4.56. The van der Waals surface area contributed by atoms with E-state index in [4.69, 9.17) is 15.2 Å². The summed E-state index contributed by atoms with van der Waals surface area (Å²) in [7, 11) is 3.76. The Balaban J connectivity index is 0.000000162. The van der Waals surface area contributed by atoms with E-state index >= 15 is 0 Å². The van der Waals surface area contributed by atoms with Crippen molar-refractivity contribution in [2.75, 3.05) is 5.73 Å². The smallest absolute Gasteiger partial charge is 0.363 e. The third-order valence-corrected chi connectivity index (χ3v) is 6.96. The first-order valence-corrected chi connectivity index (χ1v) is 13.2. The number of nitro groups is 1. The van der Waals surface area contributed by atoms with Crippen molar-refractivity contribution in [3.63, 3.8) is 0 Å². The monoisotopic (exact) mass is 666 g/mol. The second kappa shape index (κ2) is 11.3. The van der Waals surface area contributed by atoms with Gasteiger partial charge in [0.05, 0.1) is 38.6 Å².